The maximum atomic E-state index is 11.4. The summed E-state index contributed by atoms with van der Waals surface area (Å²) in [4.78, 5) is 21.6. The van der Waals surface area contributed by atoms with Gasteiger partial charge in [-0.3, -0.25) is 10.1 Å². The first-order chi connectivity index (χ1) is 9.21. The third-order valence-corrected chi connectivity index (χ3v) is 3.43. The maximum absolute atomic E-state index is 11.4. The number of carboxylic acid groups (broad SMARTS) is 1. The predicted octanol–water partition coefficient (Wildman–Crippen LogP) is 3.61. The zero-order valence-electron chi connectivity index (χ0n) is 11.6. The van der Waals surface area contributed by atoms with Crippen LogP contribution in [-0.2, 0) is 4.79 Å². The molecule has 110 valence electrons. The van der Waals surface area contributed by atoms with Gasteiger partial charge in [-0.15, -0.1) is 0 Å². The van der Waals surface area contributed by atoms with Gasteiger partial charge in [0.2, 0.25) is 0 Å². The highest BCUT2D eigenvalue weighted by atomic mass is 35.5. The van der Waals surface area contributed by atoms with Crippen LogP contribution in [0.4, 0.5) is 11.4 Å². The van der Waals surface area contributed by atoms with E-state index in [2.05, 4.69) is 5.32 Å². The fourth-order valence-corrected chi connectivity index (χ4v) is 2.19. The molecule has 1 rings (SSSR count). The number of carbonyl (C=O) groups is 1. The molecule has 0 aromatic heterocycles. The molecular formula is C13H17ClN2O4. The molecule has 0 radical (unpaired) electrons. The van der Waals surface area contributed by atoms with Gasteiger partial charge in [0.15, 0.2) is 0 Å². The quantitative estimate of drug-likeness (QED) is 0.618. The van der Waals surface area contributed by atoms with Crippen molar-refractivity contribution in [1.29, 1.82) is 0 Å². The Hall–Kier alpha value is -1.82. The molecule has 0 aliphatic carbocycles. The molecule has 0 fully saturated rings. The van der Waals surface area contributed by atoms with E-state index in [1.54, 1.807) is 13.8 Å². The zero-order chi connectivity index (χ0) is 15.5. The molecule has 6 nitrogen and oxygen atoms in total. The summed E-state index contributed by atoms with van der Waals surface area (Å²) in [6.07, 6.45) is 1.12. The van der Waals surface area contributed by atoms with Crippen molar-refractivity contribution in [2.45, 2.75) is 39.2 Å². The lowest BCUT2D eigenvalue weighted by molar-refractivity contribution is -0.384. The normalized spacial score (nSPS) is 13.6. The van der Waals surface area contributed by atoms with Crippen LogP contribution in [0.15, 0.2) is 12.1 Å². The lowest BCUT2D eigenvalue weighted by atomic mass is 9.95. The molecule has 20 heavy (non-hydrogen) atoms. The van der Waals surface area contributed by atoms with Crippen molar-refractivity contribution in [3.8, 4) is 0 Å². The van der Waals surface area contributed by atoms with Crippen LogP contribution in [0.1, 0.15) is 32.3 Å². The molecule has 0 saturated carbocycles. The van der Waals surface area contributed by atoms with Crippen LogP contribution in [0.2, 0.25) is 5.02 Å². The fourth-order valence-electron chi connectivity index (χ4n) is 1.96. The number of nitrogens with one attached hydrogen (secondary N) is 1. The van der Waals surface area contributed by atoms with Crippen molar-refractivity contribution < 1.29 is 14.8 Å². The lowest BCUT2D eigenvalue weighted by Crippen LogP contribution is -2.43. The monoisotopic (exact) mass is 300 g/mol. The summed E-state index contributed by atoms with van der Waals surface area (Å²) >= 11 is 5.85. The highest BCUT2D eigenvalue weighted by molar-refractivity contribution is 6.33. The van der Waals surface area contributed by atoms with Gasteiger partial charge in [0.25, 0.3) is 5.69 Å². The van der Waals surface area contributed by atoms with Gasteiger partial charge in [0.1, 0.15) is 10.6 Å². The van der Waals surface area contributed by atoms with E-state index in [1.165, 1.54) is 12.1 Å². The molecule has 1 aromatic rings. The van der Waals surface area contributed by atoms with Gasteiger partial charge in [-0.05, 0) is 31.9 Å². The first kappa shape index (κ1) is 16.2. The third kappa shape index (κ3) is 3.39. The number of rotatable bonds is 6. The van der Waals surface area contributed by atoms with E-state index in [9.17, 15) is 20.0 Å². The van der Waals surface area contributed by atoms with Crippen LogP contribution < -0.4 is 5.32 Å². The summed E-state index contributed by atoms with van der Waals surface area (Å²) in [5.74, 6) is -0.978. The minimum atomic E-state index is -1.14. The summed E-state index contributed by atoms with van der Waals surface area (Å²) in [6.45, 7) is 5.13. The Bertz CT molecular complexity index is 547. The van der Waals surface area contributed by atoms with Gasteiger partial charge in [-0.25, -0.2) is 4.79 Å². The number of hydrogen-bond donors (Lipinski definition) is 2. The highest BCUT2D eigenvalue weighted by Gasteiger charge is 2.32. The van der Waals surface area contributed by atoms with Crippen LogP contribution in [0.3, 0.4) is 0 Å². The predicted molar refractivity (Wildman–Crippen MR) is 77.4 cm³/mol. The van der Waals surface area contributed by atoms with Gasteiger partial charge in [0.05, 0.1) is 4.92 Å². The van der Waals surface area contributed by atoms with E-state index in [4.69, 9.17) is 11.6 Å². The molecule has 0 saturated heterocycles. The minimum absolute atomic E-state index is 0.0210. The van der Waals surface area contributed by atoms with E-state index in [-0.39, 0.29) is 10.7 Å². The zero-order valence-corrected chi connectivity index (χ0v) is 12.3. The van der Waals surface area contributed by atoms with Crippen molar-refractivity contribution in [2.24, 2.45) is 0 Å². The topological polar surface area (TPSA) is 92.5 Å². The molecule has 0 aliphatic heterocycles. The average Bonchev–Trinajstić information content (AvgIpc) is 2.33. The number of nitro groups is 1. The van der Waals surface area contributed by atoms with Crippen molar-refractivity contribution >= 4 is 28.9 Å². The van der Waals surface area contributed by atoms with Crippen molar-refractivity contribution in [3.05, 3.63) is 32.8 Å². The SMILES string of the molecule is CCCC(C)(Nc1cc(Cl)c([N+](=O)[O-])cc1C)C(=O)O. The van der Waals surface area contributed by atoms with Gasteiger partial charge < -0.3 is 10.4 Å². The van der Waals surface area contributed by atoms with Gasteiger partial charge in [0, 0.05) is 11.8 Å². The number of aryl methyl sites for hydroxylation is 1. The minimum Gasteiger partial charge on any atom is -0.480 e. The summed E-state index contributed by atoms with van der Waals surface area (Å²) in [7, 11) is 0. The Morgan fingerprint density at radius 2 is 2.15 bits per heavy atom. The molecule has 1 atom stereocenters. The summed E-state index contributed by atoms with van der Waals surface area (Å²) in [6, 6.07) is 2.73. The number of anilines is 1. The average molecular weight is 301 g/mol. The van der Waals surface area contributed by atoms with E-state index in [1.807, 2.05) is 6.92 Å². The molecule has 1 aromatic carbocycles. The second-order valence-corrected chi connectivity index (χ2v) is 5.30. The van der Waals surface area contributed by atoms with E-state index in [0.717, 1.165) is 0 Å². The van der Waals surface area contributed by atoms with E-state index in [0.29, 0.717) is 24.1 Å². The second-order valence-electron chi connectivity index (χ2n) is 4.89. The van der Waals surface area contributed by atoms with Gasteiger partial charge in [-0.1, -0.05) is 24.9 Å². The van der Waals surface area contributed by atoms with Crippen LogP contribution in [0.5, 0.6) is 0 Å². The number of carboxylic acids is 1. The summed E-state index contributed by atoms with van der Waals surface area (Å²) in [5.41, 5.74) is -0.273. The van der Waals surface area contributed by atoms with Crippen LogP contribution in [0, 0.1) is 17.0 Å². The molecule has 0 amide bonds. The van der Waals surface area contributed by atoms with Crippen molar-refractivity contribution in [1.82, 2.24) is 0 Å². The standard InChI is InChI=1S/C13H17ClN2O4/c1-4-5-13(3,12(17)18)15-10-7-9(14)11(16(19)20)6-8(10)2/h6-7,15H,4-5H2,1-3H3,(H,17,18). The smallest absolute Gasteiger partial charge is 0.329 e. The van der Waals surface area contributed by atoms with Crippen molar-refractivity contribution in [3.63, 3.8) is 0 Å². The number of nitrogens with zero attached hydrogens (tertiary/aromatic N) is 1. The van der Waals surface area contributed by atoms with Crippen LogP contribution >= 0.6 is 11.6 Å². The van der Waals surface area contributed by atoms with Gasteiger partial charge in [-0.2, -0.15) is 0 Å². The van der Waals surface area contributed by atoms with E-state index < -0.39 is 16.4 Å². The Morgan fingerprint density at radius 1 is 1.55 bits per heavy atom. The Kier molecular flexibility index (Phi) is 4.94. The van der Waals surface area contributed by atoms with Crippen LogP contribution in [-0.4, -0.2) is 21.5 Å². The third-order valence-electron chi connectivity index (χ3n) is 3.12. The number of nitro benzene ring substituents is 1. The fraction of sp³-hybridized carbons (Fsp3) is 0.462. The van der Waals surface area contributed by atoms with Crippen molar-refractivity contribution in [2.75, 3.05) is 5.32 Å². The number of aliphatic carboxylic acids is 1. The Balaban J connectivity index is 3.18. The highest BCUT2D eigenvalue weighted by Crippen LogP contribution is 2.32. The molecule has 0 bridgehead atoms. The maximum Gasteiger partial charge on any atom is 0.329 e. The molecule has 0 spiro atoms. The lowest BCUT2D eigenvalue weighted by Gasteiger charge is -2.28. The largest absolute Gasteiger partial charge is 0.480 e. The van der Waals surface area contributed by atoms with Gasteiger partial charge >= 0.3 is 5.97 Å². The molecule has 0 aliphatic rings. The first-order valence-electron chi connectivity index (χ1n) is 6.17. The molecule has 7 heteroatoms. The molecular weight excluding hydrogens is 284 g/mol. The number of halogens is 1. The number of hydrogen-bond acceptors (Lipinski definition) is 4. The molecule has 2 N–H and O–H groups in total. The first-order valence-corrected chi connectivity index (χ1v) is 6.55. The number of benzene rings is 1. The molecule has 1 unspecified atom stereocenters. The Labute approximate surface area is 121 Å². The summed E-state index contributed by atoms with van der Waals surface area (Å²) < 4.78 is 0. The Morgan fingerprint density at radius 3 is 2.60 bits per heavy atom. The van der Waals surface area contributed by atoms with E-state index >= 15 is 0 Å². The summed E-state index contributed by atoms with van der Waals surface area (Å²) in [5, 5.41) is 23.0. The van der Waals surface area contributed by atoms with Crippen LogP contribution in [0.25, 0.3) is 0 Å². The molecule has 0 heterocycles. The second kappa shape index (κ2) is 6.09.